The molecule has 1 aliphatic carbocycles. The molecule has 19 heavy (non-hydrogen) atoms. The lowest BCUT2D eigenvalue weighted by Gasteiger charge is -2.25. The van der Waals surface area contributed by atoms with Gasteiger partial charge in [0.1, 0.15) is 12.2 Å². The number of carbonyl (C=O) groups excluding carboxylic acids is 3. The summed E-state index contributed by atoms with van der Waals surface area (Å²) in [6, 6.07) is 0. The van der Waals surface area contributed by atoms with E-state index in [1.54, 1.807) is 0 Å². The first-order chi connectivity index (χ1) is 8.97. The average molecular weight is 278 g/mol. The molecule has 0 spiro atoms. The van der Waals surface area contributed by atoms with Crippen LogP contribution in [-0.4, -0.2) is 43.1 Å². The molecule has 0 aromatic heterocycles. The van der Waals surface area contributed by atoms with E-state index in [2.05, 4.69) is 4.74 Å². The van der Waals surface area contributed by atoms with Crippen molar-refractivity contribution in [2.24, 2.45) is 5.92 Å². The number of halogens is 2. The second kappa shape index (κ2) is 5.50. The van der Waals surface area contributed by atoms with Gasteiger partial charge < -0.3 is 14.2 Å². The lowest BCUT2D eigenvalue weighted by molar-refractivity contribution is -0.173. The number of carbonyl (C=O) groups is 3. The molecule has 1 aliphatic heterocycles. The maximum absolute atomic E-state index is 11.8. The van der Waals surface area contributed by atoms with Gasteiger partial charge in [0.05, 0.1) is 5.92 Å². The van der Waals surface area contributed by atoms with Crippen LogP contribution >= 0.6 is 0 Å². The number of ether oxygens (including phenoxy) is 3. The normalized spacial score (nSPS) is 29.0. The molecule has 2 rings (SSSR count). The zero-order valence-electron chi connectivity index (χ0n) is 9.84. The van der Waals surface area contributed by atoms with Gasteiger partial charge in [-0.25, -0.2) is 9.59 Å². The highest BCUT2D eigenvalue weighted by Gasteiger charge is 2.45. The Kier molecular flexibility index (Phi) is 3.96. The van der Waals surface area contributed by atoms with E-state index < -0.39 is 37.2 Å². The van der Waals surface area contributed by atoms with Crippen LogP contribution in [0.3, 0.4) is 0 Å². The molecule has 2 fully saturated rings. The van der Waals surface area contributed by atoms with E-state index in [0.717, 1.165) is 0 Å². The summed E-state index contributed by atoms with van der Waals surface area (Å²) in [6.07, 6.45) is -2.84. The fourth-order valence-corrected chi connectivity index (χ4v) is 2.22. The van der Waals surface area contributed by atoms with E-state index in [0.29, 0.717) is 19.3 Å². The molecule has 0 aromatic carbocycles. The number of hydrogen-bond acceptors (Lipinski definition) is 6. The minimum absolute atomic E-state index is 0.142. The molecule has 3 atom stereocenters. The summed E-state index contributed by atoms with van der Waals surface area (Å²) in [5.41, 5.74) is 0. The molecular formula is C11H12F2O6. The van der Waals surface area contributed by atoms with E-state index in [9.17, 15) is 23.2 Å². The average Bonchev–Trinajstić information content (AvgIpc) is 2.66. The number of rotatable bonds is 4. The van der Waals surface area contributed by atoms with Crippen LogP contribution in [0.2, 0.25) is 0 Å². The second-order valence-corrected chi connectivity index (χ2v) is 4.42. The van der Waals surface area contributed by atoms with E-state index in [4.69, 9.17) is 9.47 Å². The van der Waals surface area contributed by atoms with E-state index in [1.807, 2.05) is 0 Å². The Balaban J connectivity index is 1.77. The van der Waals surface area contributed by atoms with E-state index in [1.165, 1.54) is 0 Å². The molecule has 0 aromatic rings. The standard InChI is InChI=1S/C11H12F2O6/c12-9(13)11(16)17-4-8(14)18-6-2-1-5-3-7(6)19-10(5)15/h5-7,9H,1-4H2. The van der Waals surface area contributed by atoms with Gasteiger partial charge in [0.25, 0.3) is 0 Å². The van der Waals surface area contributed by atoms with Crippen molar-refractivity contribution >= 4 is 17.9 Å². The predicted octanol–water partition coefficient (Wildman–Crippen LogP) is 0.432. The largest absolute Gasteiger partial charge is 0.458 e. The van der Waals surface area contributed by atoms with Crippen molar-refractivity contribution in [1.29, 1.82) is 0 Å². The maximum Gasteiger partial charge on any atom is 0.374 e. The van der Waals surface area contributed by atoms with Crippen LogP contribution in [0.4, 0.5) is 8.78 Å². The first-order valence-corrected chi connectivity index (χ1v) is 5.82. The molecule has 1 saturated heterocycles. The Morgan fingerprint density at radius 2 is 2.11 bits per heavy atom. The minimum atomic E-state index is -3.28. The lowest BCUT2D eigenvalue weighted by atomic mass is 9.88. The van der Waals surface area contributed by atoms with Crippen LogP contribution in [-0.2, 0) is 28.6 Å². The van der Waals surface area contributed by atoms with Gasteiger partial charge in [-0.05, 0) is 12.8 Å². The van der Waals surface area contributed by atoms with E-state index >= 15 is 0 Å². The van der Waals surface area contributed by atoms with Crippen LogP contribution in [0, 0.1) is 5.92 Å². The highest BCUT2D eigenvalue weighted by molar-refractivity contribution is 5.78. The Bertz CT molecular complexity index is 397. The second-order valence-electron chi connectivity index (χ2n) is 4.42. The molecule has 6 nitrogen and oxygen atoms in total. The van der Waals surface area contributed by atoms with Crippen LogP contribution in [0.25, 0.3) is 0 Å². The van der Waals surface area contributed by atoms with Crippen molar-refractivity contribution in [1.82, 2.24) is 0 Å². The molecule has 2 aliphatic rings. The number of fused-ring (bicyclic) bond motifs is 2. The van der Waals surface area contributed by atoms with Gasteiger partial charge in [-0.15, -0.1) is 0 Å². The highest BCUT2D eigenvalue weighted by Crippen LogP contribution is 2.35. The van der Waals surface area contributed by atoms with Crippen molar-refractivity contribution in [2.45, 2.75) is 37.9 Å². The lowest BCUT2D eigenvalue weighted by Crippen LogP contribution is -2.35. The fraction of sp³-hybridized carbons (Fsp3) is 0.727. The zero-order valence-corrected chi connectivity index (χ0v) is 9.84. The summed E-state index contributed by atoms with van der Waals surface area (Å²) in [5, 5.41) is 0. The summed E-state index contributed by atoms with van der Waals surface area (Å²) in [7, 11) is 0. The van der Waals surface area contributed by atoms with Gasteiger partial charge in [-0.2, -0.15) is 8.78 Å². The molecule has 2 bridgehead atoms. The summed E-state index contributed by atoms with van der Waals surface area (Å²) >= 11 is 0. The van der Waals surface area contributed by atoms with Gasteiger partial charge in [0, 0.05) is 6.42 Å². The number of alkyl halides is 2. The molecular weight excluding hydrogens is 266 g/mol. The van der Waals surface area contributed by atoms with Gasteiger partial charge in [-0.3, -0.25) is 4.79 Å². The Hall–Kier alpha value is -1.73. The summed E-state index contributed by atoms with van der Waals surface area (Å²) in [5.74, 6) is -3.14. The van der Waals surface area contributed by atoms with Crippen LogP contribution in [0.15, 0.2) is 0 Å². The van der Waals surface area contributed by atoms with Crippen LogP contribution < -0.4 is 0 Å². The van der Waals surface area contributed by atoms with Gasteiger partial charge >= 0.3 is 24.3 Å². The van der Waals surface area contributed by atoms with Gasteiger partial charge in [0.15, 0.2) is 6.61 Å². The quantitative estimate of drug-likeness (QED) is 0.548. The third-order valence-corrected chi connectivity index (χ3v) is 3.13. The Morgan fingerprint density at radius 3 is 2.79 bits per heavy atom. The molecule has 0 N–H and O–H groups in total. The summed E-state index contributed by atoms with van der Waals surface area (Å²) < 4.78 is 37.7. The SMILES string of the molecule is O=C(COC(=O)C(F)F)OC1CCC2CC1OC2=O. The predicted molar refractivity (Wildman–Crippen MR) is 54.1 cm³/mol. The zero-order chi connectivity index (χ0) is 14.0. The van der Waals surface area contributed by atoms with Crippen molar-refractivity contribution < 1.29 is 37.4 Å². The fourth-order valence-electron chi connectivity index (χ4n) is 2.22. The maximum atomic E-state index is 11.8. The smallest absolute Gasteiger partial charge is 0.374 e. The monoisotopic (exact) mass is 278 g/mol. The summed E-state index contributed by atoms with van der Waals surface area (Å²) in [4.78, 5) is 33.0. The Labute approximate surface area is 107 Å². The number of hydrogen-bond donors (Lipinski definition) is 0. The van der Waals surface area contributed by atoms with Crippen LogP contribution in [0.5, 0.6) is 0 Å². The van der Waals surface area contributed by atoms with Crippen molar-refractivity contribution in [2.75, 3.05) is 6.61 Å². The molecule has 0 amide bonds. The van der Waals surface area contributed by atoms with Gasteiger partial charge in [0.2, 0.25) is 0 Å². The molecule has 1 heterocycles. The molecule has 3 unspecified atom stereocenters. The molecule has 106 valence electrons. The third kappa shape index (κ3) is 3.18. The van der Waals surface area contributed by atoms with Gasteiger partial charge in [-0.1, -0.05) is 0 Å². The topological polar surface area (TPSA) is 78.9 Å². The molecule has 0 radical (unpaired) electrons. The first kappa shape index (κ1) is 13.7. The van der Waals surface area contributed by atoms with Crippen LogP contribution in [0.1, 0.15) is 19.3 Å². The van der Waals surface area contributed by atoms with Crippen molar-refractivity contribution in [3.8, 4) is 0 Å². The highest BCUT2D eigenvalue weighted by atomic mass is 19.3. The van der Waals surface area contributed by atoms with E-state index in [-0.39, 0.29) is 11.9 Å². The third-order valence-electron chi connectivity index (χ3n) is 3.13. The number of esters is 3. The minimum Gasteiger partial charge on any atom is -0.458 e. The van der Waals surface area contributed by atoms with Crippen molar-refractivity contribution in [3.05, 3.63) is 0 Å². The first-order valence-electron chi connectivity index (χ1n) is 5.82. The molecule has 8 heteroatoms. The Morgan fingerprint density at radius 1 is 1.37 bits per heavy atom. The van der Waals surface area contributed by atoms with Crippen molar-refractivity contribution in [3.63, 3.8) is 0 Å². The molecule has 1 saturated carbocycles. The summed E-state index contributed by atoms with van der Waals surface area (Å²) in [6.45, 7) is -0.871.